The zero-order valence-electron chi connectivity index (χ0n) is 8.19. The van der Waals surface area contributed by atoms with Crippen LogP contribution in [-0.4, -0.2) is 9.84 Å². The molecule has 1 aliphatic heterocycles. The Labute approximate surface area is 90.0 Å². The van der Waals surface area contributed by atoms with Crippen LogP contribution in [-0.2, 0) is 18.3 Å². The summed E-state index contributed by atoms with van der Waals surface area (Å²) in [5, 5.41) is 0. The molecule has 71 valence electrons. The molecule has 0 saturated carbocycles. The van der Waals surface area contributed by atoms with Crippen LogP contribution in [0.1, 0.15) is 20.8 Å². The van der Waals surface area contributed by atoms with Crippen molar-refractivity contribution >= 4 is 5.71 Å². The first-order valence-electron chi connectivity index (χ1n) is 4.32. The molecule has 1 unspecified atom stereocenters. The van der Waals surface area contributed by atoms with E-state index in [2.05, 4.69) is 42.4 Å². The Kier molecular flexibility index (Phi) is 3.38. The van der Waals surface area contributed by atoms with E-state index >= 15 is 0 Å². The molecule has 0 N–H and O–H groups in total. The van der Waals surface area contributed by atoms with Crippen LogP contribution >= 0.6 is 0 Å². The van der Waals surface area contributed by atoms with E-state index in [0.717, 1.165) is 5.71 Å². The molecule has 1 aliphatic rings. The molecule has 0 aromatic heterocycles. The summed E-state index contributed by atoms with van der Waals surface area (Å²) in [7, 11) is 0. The second-order valence-electron chi connectivity index (χ2n) is 3.17. The van der Waals surface area contributed by atoms with Gasteiger partial charge in [0.2, 0.25) is 0 Å². The van der Waals surface area contributed by atoms with Gasteiger partial charge in [-0.3, -0.25) is 0 Å². The van der Waals surface area contributed by atoms with E-state index in [4.69, 9.17) is 0 Å². The van der Waals surface area contributed by atoms with Gasteiger partial charge in [-0.2, -0.15) is 0 Å². The summed E-state index contributed by atoms with van der Waals surface area (Å²) in [5.74, 6) is 0. The van der Waals surface area contributed by atoms with Crippen LogP contribution in [0.15, 0.2) is 40.9 Å². The van der Waals surface area contributed by atoms with Crippen molar-refractivity contribution in [2.45, 2.75) is 24.9 Å². The summed E-state index contributed by atoms with van der Waals surface area (Å²) in [6, 6.07) is 0. The van der Waals surface area contributed by atoms with Crippen LogP contribution in [0, 0.1) is 0 Å². The zero-order valence-corrected chi connectivity index (χ0v) is 9.93. The summed E-state index contributed by atoms with van der Waals surface area (Å²) in [6.07, 6.45) is 10.3. The molecule has 0 fully saturated rings. The summed E-state index contributed by atoms with van der Waals surface area (Å²) < 4.78 is -0.110. The van der Waals surface area contributed by atoms with Crippen molar-refractivity contribution in [3.8, 4) is 0 Å². The first-order valence-corrected chi connectivity index (χ1v) is 5.19. The van der Waals surface area contributed by atoms with Gasteiger partial charge in [0, 0.05) is 0 Å². The molecule has 13 heavy (non-hydrogen) atoms. The monoisotopic (exact) mass is 262 g/mol. The standard InChI is InChI=1S/C11H14N.Ru/c1-4-5-6-7-11-8-9(2)12-10(11)3;/h4-8H,1-3H3;. The maximum absolute atomic E-state index is 4.50. The Balaban J connectivity index is 2.79. The van der Waals surface area contributed by atoms with Crippen LogP contribution in [0.25, 0.3) is 0 Å². The number of rotatable bonds is 2. The molecule has 0 aliphatic carbocycles. The van der Waals surface area contributed by atoms with Crippen LogP contribution < -0.4 is 0 Å². The van der Waals surface area contributed by atoms with Gasteiger partial charge in [-0.1, -0.05) is 0 Å². The fourth-order valence-electron chi connectivity index (χ4n) is 1.25. The molecule has 0 aromatic carbocycles. The molecule has 0 bridgehead atoms. The third kappa shape index (κ3) is 2.74. The Hall–Kier alpha value is -0.487. The molecule has 0 radical (unpaired) electrons. The van der Waals surface area contributed by atoms with Gasteiger partial charge in [-0.05, 0) is 0 Å². The SMILES string of the molecule is CC=CC=CC1=CC(C)=N[C]1(C)[Ru]. The van der Waals surface area contributed by atoms with E-state index in [-0.39, 0.29) is 4.13 Å². The quantitative estimate of drug-likeness (QED) is 0.535. The second kappa shape index (κ2) is 4.15. The third-order valence-electron chi connectivity index (χ3n) is 1.85. The molecule has 1 atom stereocenters. The maximum atomic E-state index is 4.50. The van der Waals surface area contributed by atoms with E-state index in [9.17, 15) is 0 Å². The first-order chi connectivity index (χ1) is 6.06. The van der Waals surface area contributed by atoms with Crippen LogP contribution in [0.3, 0.4) is 0 Å². The number of aliphatic imine (C=N–C) groups is 1. The fourth-order valence-corrected chi connectivity index (χ4v) is 1.82. The predicted octanol–water partition coefficient (Wildman–Crippen LogP) is 2.78. The zero-order chi connectivity index (χ0) is 9.90. The van der Waals surface area contributed by atoms with Crippen molar-refractivity contribution in [1.82, 2.24) is 0 Å². The van der Waals surface area contributed by atoms with Gasteiger partial charge in [-0.15, -0.1) is 0 Å². The molecule has 1 heterocycles. The Bertz CT molecular complexity index is 306. The molecule has 0 spiro atoms. The van der Waals surface area contributed by atoms with Crippen molar-refractivity contribution in [3.63, 3.8) is 0 Å². The van der Waals surface area contributed by atoms with Crippen molar-refractivity contribution < 1.29 is 18.3 Å². The third-order valence-corrected chi connectivity index (χ3v) is 2.54. The van der Waals surface area contributed by atoms with E-state index in [1.54, 1.807) is 0 Å². The van der Waals surface area contributed by atoms with Gasteiger partial charge in [0.1, 0.15) is 0 Å². The Morgan fingerprint density at radius 1 is 1.46 bits per heavy atom. The van der Waals surface area contributed by atoms with E-state index in [1.807, 2.05) is 32.1 Å². The second-order valence-corrected chi connectivity index (χ2v) is 4.86. The summed E-state index contributed by atoms with van der Waals surface area (Å²) in [6.45, 7) is 6.14. The molecule has 1 nitrogen and oxygen atoms in total. The van der Waals surface area contributed by atoms with Crippen molar-refractivity contribution in [1.29, 1.82) is 0 Å². The van der Waals surface area contributed by atoms with E-state index in [1.165, 1.54) is 5.57 Å². The predicted molar refractivity (Wildman–Crippen MR) is 53.6 cm³/mol. The van der Waals surface area contributed by atoms with Gasteiger partial charge < -0.3 is 0 Å². The number of allylic oxidation sites excluding steroid dienone is 4. The average molecular weight is 261 g/mol. The number of hydrogen-bond acceptors (Lipinski definition) is 1. The van der Waals surface area contributed by atoms with Gasteiger partial charge >= 0.3 is 89.9 Å². The van der Waals surface area contributed by atoms with Crippen molar-refractivity contribution in [2.75, 3.05) is 0 Å². The average Bonchev–Trinajstić information content (AvgIpc) is 2.25. The minimum atomic E-state index is -0.110. The van der Waals surface area contributed by atoms with Gasteiger partial charge in [0.25, 0.3) is 0 Å². The molecule has 2 heteroatoms. The van der Waals surface area contributed by atoms with Crippen LogP contribution in [0.2, 0.25) is 0 Å². The molecule has 0 aromatic rings. The van der Waals surface area contributed by atoms with Crippen LogP contribution in [0.5, 0.6) is 0 Å². The van der Waals surface area contributed by atoms with Gasteiger partial charge in [0.15, 0.2) is 0 Å². The molecule has 1 rings (SSSR count). The molecular weight excluding hydrogens is 247 g/mol. The molecule has 0 saturated heterocycles. The van der Waals surface area contributed by atoms with Crippen molar-refractivity contribution in [3.05, 3.63) is 36.0 Å². The summed E-state index contributed by atoms with van der Waals surface area (Å²) in [5.41, 5.74) is 2.35. The number of hydrogen-bond donors (Lipinski definition) is 0. The molecule has 0 amide bonds. The Morgan fingerprint density at radius 2 is 2.15 bits per heavy atom. The minimum absolute atomic E-state index is 0.110. The normalized spacial score (nSPS) is 28.6. The van der Waals surface area contributed by atoms with Crippen molar-refractivity contribution in [2.24, 2.45) is 4.99 Å². The van der Waals surface area contributed by atoms with E-state index < -0.39 is 0 Å². The van der Waals surface area contributed by atoms with Gasteiger partial charge in [0.05, 0.1) is 0 Å². The summed E-state index contributed by atoms with van der Waals surface area (Å²) >= 11 is 2.67. The summed E-state index contributed by atoms with van der Waals surface area (Å²) in [4.78, 5) is 4.50. The van der Waals surface area contributed by atoms with Gasteiger partial charge in [-0.25, -0.2) is 0 Å². The fraction of sp³-hybridized carbons (Fsp3) is 0.364. The topological polar surface area (TPSA) is 12.4 Å². The van der Waals surface area contributed by atoms with E-state index in [0.29, 0.717) is 0 Å². The number of nitrogens with zero attached hydrogens (tertiary/aromatic N) is 1. The first kappa shape index (κ1) is 10.6. The molecular formula is C11H14NRu. The van der Waals surface area contributed by atoms with Crippen LogP contribution in [0.4, 0.5) is 0 Å². The Morgan fingerprint density at radius 3 is 2.62 bits per heavy atom.